The van der Waals surface area contributed by atoms with Crippen LogP contribution in [0.25, 0.3) is 0 Å². The normalized spacial score (nSPS) is 29.3. The average molecular weight is 203 g/mol. The van der Waals surface area contributed by atoms with E-state index in [0.717, 1.165) is 18.8 Å². The third kappa shape index (κ3) is 1.63. The highest BCUT2D eigenvalue weighted by molar-refractivity contribution is 5.37. The second-order valence-corrected chi connectivity index (χ2v) is 4.82. The van der Waals surface area contributed by atoms with Crippen molar-refractivity contribution in [3.8, 4) is 5.75 Å². The van der Waals surface area contributed by atoms with Crippen LogP contribution in [-0.2, 0) is 12.8 Å². The third-order valence-corrected chi connectivity index (χ3v) is 3.84. The number of benzene rings is 1. The molecule has 0 saturated carbocycles. The summed E-state index contributed by atoms with van der Waals surface area (Å²) < 4.78 is 0. The SMILES string of the molecule is Oc1ccc2c(c1)C[C@H]1CCCN[C@H]1C2. The van der Waals surface area contributed by atoms with E-state index in [9.17, 15) is 5.11 Å². The van der Waals surface area contributed by atoms with Crippen molar-refractivity contribution in [2.24, 2.45) is 5.92 Å². The second kappa shape index (κ2) is 3.53. The van der Waals surface area contributed by atoms with Gasteiger partial charge >= 0.3 is 0 Å². The molecule has 1 aliphatic heterocycles. The second-order valence-electron chi connectivity index (χ2n) is 4.82. The van der Waals surface area contributed by atoms with E-state index in [0.29, 0.717) is 11.8 Å². The molecule has 80 valence electrons. The van der Waals surface area contributed by atoms with Gasteiger partial charge in [0.1, 0.15) is 5.75 Å². The Morgan fingerprint density at radius 2 is 2.13 bits per heavy atom. The van der Waals surface area contributed by atoms with Gasteiger partial charge in [-0.25, -0.2) is 0 Å². The zero-order valence-corrected chi connectivity index (χ0v) is 8.87. The molecule has 2 N–H and O–H groups in total. The summed E-state index contributed by atoms with van der Waals surface area (Å²) in [7, 11) is 0. The Morgan fingerprint density at radius 1 is 1.20 bits per heavy atom. The Bertz CT molecular complexity index is 375. The highest BCUT2D eigenvalue weighted by Crippen LogP contribution is 2.32. The van der Waals surface area contributed by atoms with Crippen molar-refractivity contribution in [3.63, 3.8) is 0 Å². The molecular formula is C13H17NO. The lowest BCUT2D eigenvalue weighted by atomic mass is 9.76. The monoisotopic (exact) mass is 203 g/mol. The van der Waals surface area contributed by atoms with Crippen molar-refractivity contribution < 1.29 is 5.11 Å². The van der Waals surface area contributed by atoms with Gasteiger partial charge in [0.2, 0.25) is 0 Å². The van der Waals surface area contributed by atoms with Crippen LogP contribution in [0.15, 0.2) is 18.2 Å². The van der Waals surface area contributed by atoms with E-state index in [-0.39, 0.29) is 0 Å². The fourth-order valence-electron chi connectivity index (χ4n) is 3.02. The van der Waals surface area contributed by atoms with E-state index >= 15 is 0 Å². The minimum absolute atomic E-state index is 0.413. The van der Waals surface area contributed by atoms with Crippen LogP contribution in [0.1, 0.15) is 24.0 Å². The molecule has 0 unspecified atom stereocenters. The number of rotatable bonds is 0. The molecule has 3 rings (SSSR count). The molecule has 0 aromatic heterocycles. The van der Waals surface area contributed by atoms with Crippen molar-refractivity contribution in [1.82, 2.24) is 5.32 Å². The van der Waals surface area contributed by atoms with Gasteiger partial charge in [-0.15, -0.1) is 0 Å². The third-order valence-electron chi connectivity index (χ3n) is 3.84. The minimum Gasteiger partial charge on any atom is -0.508 e. The van der Waals surface area contributed by atoms with Gasteiger partial charge in [-0.05, 0) is 61.4 Å². The average Bonchev–Trinajstić information content (AvgIpc) is 2.26. The summed E-state index contributed by atoms with van der Waals surface area (Å²) in [5.74, 6) is 1.20. The van der Waals surface area contributed by atoms with Crippen LogP contribution in [0.3, 0.4) is 0 Å². The maximum atomic E-state index is 9.47. The quantitative estimate of drug-likeness (QED) is 0.674. The molecule has 0 spiro atoms. The summed E-state index contributed by atoms with van der Waals surface area (Å²) in [4.78, 5) is 0. The molecule has 1 aliphatic carbocycles. The smallest absolute Gasteiger partial charge is 0.115 e. The van der Waals surface area contributed by atoms with E-state index in [1.54, 1.807) is 0 Å². The number of aromatic hydroxyl groups is 1. The van der Waals surface area contributed by atoms with Crippen molar-refractivity contribution in [2.75, 3.05) is 6.54 Å². The fourth-order valence-corrected chi connectivity index (χ4v) is 3.02. The molecule has 2 heteroatoms. The summed E-state index contributed by atoms with van der Waals surface area (Å²) >= 11 is 0. The summed E-state index contributed by atoms with van der Waals surface area (Å²) in [5, 5.41) is 13.1. The molecule has 1 aromatic carbocycles. The van der Waals surface area contributed by atoms with Gasteiger partial charge in [-0.3, -0.25) is 0 Å². The molecule has 15 heavy (non-hydrogen) atoms. The number of phenolic OH excluding ortho intramolecular Hbond substituents is 1. The molecule has 1 saturated heterocycles. The van der Waals surface area contributed by atoms with Gasteiger partial charge in [-0.1, -0.05) is 6.07 Å². The zero-order valence-electron chi connectivity index (χ0n) is 8.87. The van der Waals surface area contributed by atoms with E-state index in [4.69, 9.17) is 0 Å². The van der Waals surface area contributed by atoms with Crippen LogP contribution in [0.4, 0.5) is 0 Å². The van der Waals surface area contributed by atoms with E-state index in [1.165, 1.54) is 30.5 Å². The maximum Gasteiger partial charge on any atom is 0.115 e. The summed E-state index contributed by atoms with van der Waals surface area (Å²) in [6, 6.07) is 6.51. The molecule has 2 nitrogen and oxygen atoms in total. The lowest BCUT2D eigenvalue weighted by Crippen LogP contribution is -2.45. The molecule has 0 bridgehead atoms. The number of nitrogens with one attached hydrogen (secondary N) is 1. The standard InChI is InChI=1S/C13H17NO/c15-12-4-3-9-8-13-10(2-1-5-14-13)6-11(9)7-12/h3-4,7,10,13-15H,1-2,5-6,8H2/t10-,13+/m1/s1. The Balaban J connectivity index is 1.92. The lowest BCUT2D eigenvalue weighted by Gasteiger charge is -2.37. The number of phenols is 1. The molecule has 1 aromatic rings. The minimum atomic E-state index is 0.413. The predicted octanol–water partition coefficient (Wildman–Crippen LogP) is 1.86. The van der Waals surface area contributed by atoms with E-state index in [1.807, 2.05) is 12.1 Å². The largest absolute Gasteiger partial charge is 0.508 e. The number of fused-ring (bicyclic) bond motifs is 2. The Kier molecular flexibility index (Phi) is 2.17. The molecule has 2 atom stereocenters. The zero-order chi connectivity index (χ0) is 10.3. The number of hydrogen-bond acceptors (Lipinski definition) is 2. The predicted molar refractivity (Wildman–Crippen MR) is 60.0 cm³/mol. The molecule has 0 amide bonds. The van der Waals surface area contributed by atoms with Crippen LogP contribution >= 0.6 is 0 Å². The first-order valence-corrected chi connectivity index (χ1v) is 5.87. The summed E-state index contributed by atoms with van der Waals surface area (Å²) in [6.45, 7) is 1.18. The van der Waals surface area contributed by atoms with Crippen LogP contribution in [-0.4, -0.2) is 17.7 Å². The molecular weight excluding hydrogens is 186 g/mol. The van der Waals surface area contributed by atoms with Crippen molar-refractivity contribution in [2.45, 2.75) is 31.7 Å². The van der Waals surface area contributed by atoms with Crippen LogP contribution in [0.2, 0.25) is 0 Å². The lowest BCUT2D eigenvalue weighted by molar-refractivity contribution is 0.263. The van der Waals surface area contributed by atoms with E-state index < -0.39 is 0 Å². The van der Waals surface area contributed by atoms with Crippen molar-refractivity contribution in [3.05, 3.63) is 29.3 Å². The first-order valence-electron chi connectivity index (χ1n) is 5.87. The number of piperidine rings is 1. The summed E-state index contributed by atoms with van der Waals surface area (Å²) in [6.07, 6.45) is 4.92. The van der Waals surface area contributed by atoms with Gasteiger partial charge < -0.3 is 10.4 Å². The highest BCUT2D eigenvalue weighted by Gasteiger charge is 2.30. The van der Waals surface area contributed by atoms with Crippen LogP contribution in [0.5, 0.6) is 5.75 Å². The van der Waals surface area contributed by atoms with Crippen LogP contribution in [0, 0.1) is 5.92 Å². The Hall–Kier alpha value is -1.02. The molecule has 2 aliphatic rings. The topological polar surface area (TPSA) is 32.3 Å². The van der Waals surface area contributed by atoms with Crippen LogP contribution < -0.4 is 5.32 Å². The molecule has 0 radical (unpaired) electrons. The Labute approximate surface area is 90.3 Å². The maximum absolute atomic E-state index is 9.47. The summed E-state index contributed by atoms with van der Waals surface area (Å²) in [5.41, 5.74) is 2.78. The fraction of sp³-hybridized carbons (Fsp3) is 0.538. The van der Waals surface area contributed by atoms with Gasteiger partial charge in [0.25, 0.3) is 0 Å². The van der Waals surface area contributed by atoms with E-state index in [2.05, 4.69) is 11.4 Å². The highest BCUT2D eigenvalue weighted by atomic mass is 16.3. The molecule has 1 fully saturated rings. The molecule has 1 heterocycles. The number of hydrogen-bond donors (Lipinski definition) is 2. The van der Waals surface area contributed by atoms with Gasteiger partial charge in [-0.2, -0.15) is 0 Å². The van der Waals surface area contributed by atoms with Gasteiger partial charge in [0.05, 0.1) is 0 Å². The Morgan fingerprint density at radius 3 is 3.07 bits per heavy atom. The van der Waals surface area contributed by atoms with Gasteiger partial charge in [0.15, 0.2) is 0 Å². The van der Waals surface area contributed by atoms with Crippen molar-refractivity contribution in [1.29, 1.82) is 0 Å². The first kappa shape index (κ1) is 9.22. The first-order chi connectivity index (χ1) is 7.33. The van der Waals surface area contributed by atoms with Gasteiger partial charge in [0, 0.05) is 6.04 Å². The van der Waals surface area contributed by atoms with Crippen molar-refractivity contribution >= 4 is 0 Å².